The molecule has 0 radical (unpaired) electrons. The molecule has 8 heteroatoms. The highest BCUT2D eigenvalue weighted by Gasteiger charge is 2.26. The van der Waals surface area contributed by atoms with Crippen molar-refractivity contribution in [2.24, 2.45) is 11.7 Å². The van der Waals surface area contributed by atoms with Gasteiger partial charge in [-0.25, -0.2) is 9.78 Å². The molecule has 4 N–H and O–H groups in total. The fourth-order valence-electron chi connectivity index (χ4n) is 2.60. The Morgan fingerprint density at radius 1 is 1.38 bits per heavy atom. The zero-order valence-corrected chi connectivity index (χ0v) is 13.5. The van der Waals surface area contributed by atoms with E-state index in [1.807, 2.05) is 6.07 Å². The van der Waals surface area contributed by atoms with Crippen LogP contribution in [0.15, 0.2) is 24.3 Å². The number of thiazole rings is 1. The van der Waals surface area contributed by atoms with E-state index in [4.69, 9.17) is 11.0 Å². The number of rotatable bonds is 3. The predicted octanol–water partition coefficient (Wildman–Crippen LogP) is 2.25. The average Bonchev–Trinajstić information content (AvgIpc) is 2.95. The highest BCUT2D eigenvalue weighted by molar-refractivity contribution is 7.15. The monoisotopic (exact) mass is 341 g/mol. The average molecular weight is 341 g/mol. The quantitative estimate of drug-likeness (QED) is 0.792. The lowest BCUT2D eigenvalue weighted by Gasteiger charge is -2.17. The van der Waals surface area contributed by atoms with Crippen LogP contribution in [0.1, 0.15) is 22.6 Å². The molecule has 1 heterocycles. The number of carbonyl (C=O) groups is 2. The molecule has 0 bridgehead atoms. The summed E-state index contributed by atoms with van der Waals surface area (Å²) < 4.78 is 0. The van der Waals surface area contributed by atoms with Gasteiger partial charge in [0.25, 0.3) is 0 Å². The van der Waals surface area contributed by atoms with E-state index in [1.165, 1.54) is 11.3 Å². The van der Waals surface area contributed by atoms with E-state index in [-0.39, 0.29) is 11.8 Å². The second-order valence-corrected chi connectivity index (χ2v) is 6.59. The number of aromatic nitrogens is 1. The Hall–Kier alpha value is -2.92. The fraction of sp³-hybridized carbons (Fsp3) is 0.250. The Kier molecular flexibility index (Phi) is 4.44. The van der Waals surface area contributed by atoms with Crippen LogP contribution in [0.4, 0.5) is 15.6 Å². The van der Waals surface area contributed by atoms with Crippen molar-refractivity contribution in [1.82, 2.24) is 4.98 Å². The van der Waals surface area contributed by atoms with Crippen LogP contribution in [0.5, 0.6) is 0 Å². The molecule has 1 aromatic carbocycles. The number of nitrogens with one attached hydrogen (secondary N) is 2. The van der Waals surface area contributed by atoms with E-state index < -0.39 is 6.03 Å². The molecule has 0 saturated carbocycles. The van der Waals surface area contributed by atoms with Crippen molar-refractivity contribution in [2.45, 2.75) is 19.3 Å². The standard InChI is InChI=1S/C16H15N5O2S/c17-8-9-2-1-3-11(6-9)19-15(23)21-16-20-12-5-4-10(14(18)22)7-13(12)24-16/h1-3,6,10H,4-5,7H2,(H2,18,22)(H2,19,20,21,23). The third-order valence-corrected chi connectivity index (χ3v) is 4.85. The first-order valence-electron chi connectivity index (χ1n) is 7.41. The van der Waals surface area contributed by atoms with Gasteiger partial charge in [-0.05, 0) is 37.5 Å². The Bertz CT molecular complexity index is 839. The number of benzene rings is 1. The van der Waals surface area contributed by atoms with Gasteiger partial charge < -0.3 is 11.1 Å². The molecule has 1 aliphatic carbocycles. The maximum absolute atomic E-state index is 12.1. The van der Waals surface area contributed by atoms with Crippen molar-refractivity contribution < 1.29 is 9.59 Å². The largest absolute Gasteiger partial charge is 0.369 e. The van der Waals surface area contributed by atoms with Crippen LogP contribution in [-0.2, 0) is 17.6 Å². The molecule has 7 nitrogen and oxygen atoms in total. The number of anilines is 2. The van der Waals surface area contributed by atoms with Gasteiger partial charge in [0.15, 0.2) is 5.13 Å². The van der Waals surface area contributed by atoms with Gasteiger partial charge in [0, 0.05) is 16.5 Å². The number of fused-ring (bicyclic) bond motifs is 1. The highest BCUT2D eigenvalue weighted by atomic mass is 32.1. The van der Waals surface area contributed by atoms with Crippen LogP contribution in [0.25, 0.3) is 0 Å². The summed E-state index contributed by atoms with van der Waals surface area (Å²) in [6.07, 6.45) is 1.96. The molecule has 0 fully saturated rings. The molecule has 24 heavy (non-hydrogen) atoms. The van der Waals surface area contributed by atoms with Crippen LogP contribution < -0.4 is 16.4 Å². The van der Waals surface area contributed by atoms with Gasteiger partial charge in [-0.3, -0.25) is 10.1 Å². The zero-order chi connectivity index (χ0) is 17.1. The van der Waals surface area contributed by atoms with Crippen LogP contribution in [-0.4, -0.2) is 16.9 Å². The number of hydrogen-bond acceptors (Lipinski definition) is 5. The van der Waals surface area contributed by atoms with Gasteiger partial charge in [0.2, 0.25) is 5.91 Å². The summed E-state index contributed by atoms with van der Waals surface area (Å²) in [5.74, 6) is -0.452. The molecule has 0 spiro atoms. The lowest BCUT2D eigenvalue weighted by molar-refractivity contribution is -0.122. The van der Waals surface area contributed by atoms with Crippen LogP contribution >= 0.6 is 11.3 Å². The number of aryl methyl sites for hydroxylation is 1. The van der Waals surface area contributed by atoms with E-state index >= 15 is 0 Å². The minimum atomic E-state index is -0.428. The van der Waals surface area contributed by atoms with Gasteiger partial charge in [0.05, 0.1) is 17.3 Å². The van der Waals surface area contributed by atoms with Crippen molar-refractivity contribution in [3.8, 4) is 6.07 Å². The smallest absolute Gasteiger partial charge is 0.325 e. The van der Waals surface area contributed by atoms with E-state index in [0.717, 1.165) is 10.6 Å². The third kappa shape index (κ3) is 3.52. The molecule has 3 amide bonds. The molecule has 1 aromatic heterocycles. The second-order valence-electron chi connectivity index (χ2n) is 5.50. The fourth-order valence-corrected chi connectivity index (χ4v) is 3.68. The van der Waals surface area contributed by atoms with Gasteiger partial charge in [0.1, 0.15) is 0 Å². The van der Waals surface area contributed by atoms with E-state index in [1.54, 1.807) is 24.3 Å². The first-order chi connectivity index (χ1) is 11.5. The predicted molar refractivity (Wildman–Crippen MR) is 90.6 cm³/mol. The molecule has 1 atom stereocenters. The summed E-state index contributed by atoms with van der Waals surface area (Å²) in [7, 11) is 0. The summed E-state index contributed by atoms with van der Waals surface area (Å²) in [6, 6.07) is 8.23. The summed E-state index contributed by atoms with van der Waals surface area (Å²) >= 11 is 1.36. The maximum Gasteiger partial charge on any atom is 0.325 e. The maximum atomic E-state index is 12.1. The number of hydrogen-bond donors (Lipinski definition) is 3. The van der Waals surface area contributed by atoms with Crippen molar-refractivity contribution in [1.29, 1.82) is 5.26 Å². The number of carbonyl (C=O) groups excluding carboxylic acids is 2. The van der Waals surface area contributed by atoms with Crippen molar-refractivity contribution in [2.75, 3.05) is 10.6 Å². The number of urea groups is 1. The normalized spacial score (nSPS) is 15.9. The molecular formula is C16H15N5O2S. The van der Waals surface area contributed by atoms with E-state index in [0.29, 0.717) is 35.6 Å². The first kappa shape index (κ1) is 16.0. The second kappa shape index (κ2) is 6.68. The lowest BCUT2D eigenvalue weighted by Crippen LogP contribution is -2.28. The zero-order valence-electron chi connectivity index (χ0n) is 12.7. The van der Waals surface area contributed by atoms with E-state index in [2.05, 4.69) is 15.6 Å². The lowest BCUT2D eigenvalue weighted by atomic mass is 9.91. The molecule has 1 unspecified atom stereocenters. The summed E-state index contributed by atoms with van der Waals surface area (Å²) in [4.78, 5) is 28.8. The summed E-state index contributed by atoms with van der Waals surface area (Å²) in [6.45, 7) is 0. The summed E-state index contributed by atoms with van der Waals surface area (Å²) in [5.41, 5.74) is 7.28. The van der Waals surface area contributed by atoms with Crippen molar-refractivity contribution in [3.05, 3.63) is 40.4 Å². The minimum Gasteiger partial charge on any atom is -0.369 e. The van der Waals surface area contributed by atoms with Crippen LogP contribution in [0.3, 0.4) is 0 Å². The first-order valence-corrected chi connectivity index (χ1v) is 8.23. The van der Waals surface area contributed by atoms with Gasteiger partial charge in [-0.1, -0.05) is 6.07 Å². The molecule has 122 valence electrons. The number of primary amides is 1. The minimum absolute atomic E-state index is 0.159. The van der Waals surface area contributed by atoms with Crippen molar-refractivity contribution >= 4 is 34.1 Å². The molecule has 0 aliphatic heterocycles. The highest BCUT2D eigenvalue weighted by Crippen LogP contribution is 2.32. The molecule has 3 rings (SSSR count). The van der Waals surface area contributed by atoms with E-state index in [9.17, 15) is 9.59 Å². The molecule has 0 saturated heterocycles. The summed E-state index contributed by atoms with van der Waals surface area (Å²) in [5, 5.41) is 14.7. The Labute approximate surface area is 142 Å². The van der Waals surface area contributed by atoms with Crippen LogP contribution in [0, 0.1) is 17.2 Å². The topological polar surface area (TPSA) is 121 Å². The van der Waals surface area contributed by atoms with Gasteiger partial charge >= 0.3 is 6.03 Å². The Morgan fingerprint density at radius 3 is 2.96 bits per heavy atom. The molecule has 2 aromatic rings. The number of nitriles is 1. The number of nitrogens with zero attached hydrogens (tertiary/aromatic N) is 2. The van der Waals surface area contributed by atoms with Crippen molar-refractivity contribution in [3.63, 3.8) is 0 Å². The number of nitrogens with two attached hydrogens (primary N) is 1. The Balaban J connectivity index is 1.65. The SMILES string of the molecule is N#Cc1cccc(NC(=O)Nc2nc3c(s2)CC(C(N)=O)CC3)c1. The number of amides is 3. The van der Waals surface area contributed by atoms with Gasteiger partial charge in [-0.2, -0.15) is 5.26 Å². The Morgan fingerprint density at radius 2 is 2.21 bits per heavy atom. The third-order valence-electron chi connectivity index (χ3n) is 3.81. The molecular weight excluding hydrogens is 326 g/mol. The van der Waals surface area contributed by atoms with Gasteiger partial charge in [-0.15, -0.1) is 11.3 Å². The van der Waals surface area contributed by atoms with Crippen LogP contribution in [0.2, 0.25) is 0 Å². The molecule has 1 aliphatic rings.